The molecule has 96 valence electrons. The van der Waals surface area contributed by atoms with Crippen molar-refractivity contribution >= 4 is 0 Å². The summed E-state index contributed by atoms with van der Waals surface area (Å²) >= 11 is 0. The maximum Gasteiger partial charge on any atom is 0.181 e. The Kier molecular flexibility index (Phi) is 4.90. The predicted octanol–water partition coefficient (Wildman–Crippen LogP) is 3.89. The summed E-state index contributed by atoms with van der Waals surface area (Å²) < 4.78 is 5.51. The van der Waals surface area contributed by atoms with Gasteiger partial charge in [-0.2, -0.15) is 0 Å². The van der Waals surface area contributed by atoms with Gasteiger partial charge in [0.2, 0.25) is 0 Å². The summed E-state index contributed by atoms with van der Waals surface area (Å²) in [5.74, 6) is 0.761. The Morgan fingerprint density at radius 1 is 1.12 bits per heavy atom. The molecule has 0 N–H and O–H groups in total. The lowest BCUT2D eigenvalue weighted by Crippen LogP contribution is -2.49. The molecule has 0 aromatic rings. The van der Waals surface area contributed by atoms with E-state index >= 15 is 0 Å². The van der Waals surface area contributed by atoms with Gasteiger partial charge in [0.1, 0.15) is 0 Å². The van der Waals surface area contributed by atoms with Crippen LogP contribution in [0.25, 0.3) is 0 Å². The third kappa shape index (κ3) is 4.07. The van der Waals surface area contributed by atoms with E-state index in [2.05, 4.69) is 60.1 Å². The second-order valence-corrected chi connectivity index (χ2v) is 6.57. The van der Waals surface area contributed by atoms with Gasteiger partial charge in [0.25, 0.3) is 0 Å². The minimum atomic E-state index is 0.188. The van der Waals surface area contributed by atoms with Gasteiger partial charge < -0.3 is 9.64 Å². The number of rotatable bonds is 4. The molecule has 0 amide bonds. The SMILES string of the molecule is C=C(OCC)N(C)C(C(C)(C)C)C(C)(C)C. The van der Waals surface area contributed by atoms with Crippen LogP contribution in [0.5, 0.6) is 0 Å². The number of nitrogens with zero attached hydrogens (tertiary/aromatic N) is 1. The molecule has 0 radical (unpaired) electrons. The van der Waals surface area contributed by atoms with Crippen molar-refractivity contribution in [3.05, 3.63) is 12.5 Å². The fraction of sp³-hybridized carbons (Fsp3) is 0.857. The summed E-state index contributed by atoms with van der Waals surface area (Å²) in [6.45, 7) is 20.2. The van der Waals surface area contributed by atoms with Crippen molar-refractivity contribution in [1.29, 1.82) is 0 Å². The molecule has 0 rings (SSSR count). The third-order valence-corrected chi connectivity index (χ3v) is 2.73. The van der Waals surface area contributed by atoms with Crippen molar-refractivity contribution < 1.29 is 4.74 Å². The highest BCUT2D eigenvalue weighted by atomic mass is 16.5. The van der Waals surface area contributed by atoms with Crippen LogP contribution in [0, 0.1) is 10.8 Å². The summed E-state index contributed by atoms with van der Waals surface area (Å²) in [6.07, 6.45) is 0. The molecule has 0 saturated heterocycles. The Balaban J connectivity index is 5.00. The second kappa shape index (κ2) is 5.11. The average molecular weight is 227 g/mol. The molecule has 0 aromatic carbocycles. The van der Waals surface area contributed by atoms with Crippen LogP contribution in [-0.4, -0.2) is 24.6 Å². The monoisotopic (exact) mass is 227 g/mol. The molecule has 0 atom stereocenters. The van der Waals surface area contributed by atoms with Gasteiger partial charge in [-0.3, -0.25) is 0 Å². The largest absolute Gasteiger partial charge is 0.480 e. The lowest BCUT2D eigenvalue weighted by atomic mass is 9.71. The van der Waals surface area contributed by atoms with Crippen LogP contribution < -0.4 is 0 Å². The smallest absolute Gasteiger partial charge is 0.181 e. The highest BCUT2D eigenvalue weighted by Gasteiger charge is 2.38. The summed E-state index contributed by atoms with van der Waals surface area (Å²) in [4.78, 5) is 2.17. The molecule has 0 spiro atoms. The minimum absolute atomic E-state index is 0.188. The molecule has 16 heavy (non-hydrogen) atoms. The van der Waals surface area contributed by atoms with Gasteiger partial charge >= 0.3 is 0 Å². The first-order chi connectivity index (χ1) is 7.01. The van der Waals surface area contributed by atoms with Crippen molar-refractivity contribution in [2.24, 2.45) is 10.8 Å². The first kappa shape index (κ1) is 15.3. The van der Waals surface area contributed by atoms with Crippen molar-refractivity contribution in [2.75, 3.05) is 13.7 Å². The minimum Gasteiger partial charge on any atom is -0.480 e. The Labute approximate surface area is 102 Å². The maximum absolute atomic E-state index is 5.51. The fourth-order valence-corrected chi connectivity index (χ4v) is 2.87. The molecular weight excluding hydrogens is 198 g/mol. The topological polar surface area (TPSA) is 12.5 Å². The van der Waals surface area contributed by atoms with Gasteiger partial charge in [-0.25, -0.2) is 0 Å². The maximum atomic E-state index is 5.51. The summed E-state index contributed by atoms with van der Waals surface area (Å²) in [5, 5.41) is 0. The zero-order valence-corrected chi connectivity index (χ0v) is 12.3. The van der Waals surface area contributed by atoms with Crippen LogP contribution in [0.1, 0.15) is 48.5 Å². The molecule has 0 bridgehead atoms. The van der Waals surface area contributed by atoms with Gasteiger partial charge in [-0.05, 0) is 24.3 Å². The Bertz CT molecular complexity index is 218. The molecule has 0 saturated carbocycles. The van der Waals surface area contributed by atoms with Crippen molar-refractivity contribution in [3.63, 3.8) is 0 Å². The Morgan fingerprint density at radius 2 is 1.50 bits per heavy atom. The van der Waals surface area contributed by atoms with Gasteiger partial charge in [0.05, 0.1) is 6.61 Å². The van der Waals surface area contributed by atoms with E-state index in [0.717, 1.165) is 5.88 Å². The first-order valence-electron chi connectivity index (χ1n) is 6.06. The highest BCUT2D eigenvalue weighted by Crippen LogP contribution is 2.38. The number of ether oxygens (including phenoxy) is 1. The van der Waals surface area contributed by atoms with Gasteiger partial charge in [0, 0.05) is 13.1 Å². The Morgan fingerprint density at radius 3 is 1.75 bits per heavy atom. The zero-order chi connectivity index (χ0) is 13.1. The first-order valence-corrected chi connectivity index (χ1v) is 6.06. The van der Waals surface area contributed by atoms with E-state index in [1.54, 1.807) is 0 Å². The van der Waals surface area contributed by atoms with Crippen LogP contribution in [0.4, 0.5) is 0 Å². The molecule has 0 aliphatic carbocycles. The van der Waals surface area contributed by atoms with Crippen LogP contribution in [-0.2, 0) is 4.74 Å². The van der Waals surface area contributed by atoms with E-state index in [4.69, 9.17) is 4.74 Å². The molecule has 0 aliphatic heterocycles. The lowest BCUT2D eigenvalue weighted by Gasteiger charge is -2.47. The van der Waals surface area contributed by atoms with E-state index in [0.29, 0.717) is 12.6 Å². The Hall–Kier alpha value is -0.660. The fourth-order valence-electron chi connectivity index (χ4n) is 2.87. The molecule has 0 unspecified atom stereocenters. The van der Waals surface area contributed by atoms with Crippen molar-refractivity contribution in [1.82, 2.24) is 4.90 Å². The van der Waals surface area contributed by atoms with E-state index in [1.165, 1.54) is 0 Å². The van der Waals surface area contributed by atoms with Crippen molar-refractivity contribution in [2.45, 2.75) is 54.5 Å². The predicted molar refractivity (Wildman–Crippen MR) is 71.2 cm³/mol. The van der Waals surface area contributed by atoms with Crippen molar-refractivity contribution in [3.8, 4) is 0 Å². The zero-order valence-electron chi connectivity index (χ0n) is 12.3. The molecular formula is C14H29NO. The second-order valence-electron chi connectivity index (χ2n) is 6.57. The van der Waals surface area contributed by atoms with E-state index in [9.17, 15) is 0 Å². The van der Waals surface area contributed by atoms with Gasteiger partial charge in [-0.1, -0.05) is 41.5 Å². The molecule has 2 nitrogen and oxygen atoms in total. The normalized spacial score (nSPS) is 12.8. The van der Waals surface area contributed by atoms with E-state index in [1.807, 2.05) is 6.92 Å². The van der Waals surface area contributed by atoms with E-state index < -0.39 is 0 Å². The number of hydrogen-bond donors (Lipinski definition) is 0. The molecule has 0 aliphatic rings. The van der Waals surface area contributed by atoms with E-state index in [-0.39, 0.29) is 10.8 Å². The summed E-state index contributed by atoms with van der Waals surface area (Å²) in [6, 6.07) is 0.388. The van der Waals surface area contributed by atoms with Gasteiger partial charge in [0.15, 0.2) is 5.88 Å². The highest BCUT2D eigenvalue weighted by molar-refractivity contribution is 4.97. The third-order valence-electron chi connectivity index (χ3n) is 2.73. The molecule has 0 aromatic heterocycles. The quantitative estimate of drug-likeness (QED) is 0.676. The molecule has 2 heteroatoms. The molecule has 0 heterocycles. The van der Waals surface area contributed by atoms with Crippen LogP contribution in [0.15, 0.2) is 12.5 Å². The standard InChI is InChI=1S/C14H29NO/c1-10-16-11(2)15(9)12(13(3,4)5)14(6,7)8/h12H,2,10H2,1,3-9H3. The number of hydrogen-bond acceptors (Lipinski definition) is 2. The summed E-state index contributed by atoms with van der Waals surface area (Å²) in [7, 11) is 2.07. The van der Waals surface area contributed by atoms with Crippen LogP contribution >= 0.6 is 0 Å². The van der Waals surface area contributed by atoms with Gasteiger partial charge in [-0.15, -0.1) is 0 Å². The average Bonchev–Trinajstić information content (AvgIpc) is 1.98. The lowest BCUT2D eigenvalue weighted by molar-refractivity contribution is 0.00906. The van der Waals surface area contributed by atoms with Crippen LogP contribution in [0.2, 0.25) is 0 Å². The van der Waals surface area contributed by atoms with Crippen LogP contribution in [0.3, 0.4) is 0 Å². The summed E-state index contributed by atoms with van der Waals surface area (Å²) in [5.41, 5.74) is 0.375. The molecule has 0 fully saturated rings.